The number of para-hydroxylation sites is 1. The molecule has 10 nitrogen and oxygen atoms in total. The molecule has 1 atom stereocenters. The average molecular weight is 547 g/mol. The van der Waals surface area contributed by atoms with E-state index < -0.39 is 17.7 Å². The highest BCUT2D eigenvalue weighted by Crippen LogP contribution is 2.44. The molecule has 0 radical (unpaired) electrons. The Bertz CT molecular complexity index is 1410. The van der Waals surface area contributed by atoms with E-state index in [0.29, 0.717) is 54.5 Å². The van der Waals surface area contributed by atoms with Crippen molar-refractivity contribution in [2.75, 3.05) is 53.6 Å². The van der Waals surface area contributed by atoms with Crippen LogP contribution in [0.5, 0.6) is 11.5 Å². The Labute approximate surface area is 233 Å². The highest BCUT2D eigenvalue weighted by Gasteiger charge is 2.47. The number of likely N-dealkylation sites (tertiary alicyclic amines) is 1. The van der Waals surface area contributed by atoms with Gasteiger partial charge in [0.1, 0.15) is 17.3 Å². The maximum absolute atomic E-state index is 13.6. The van der Waals surface area contributed by atoms with Gasteiger partial charge in [-0.1, -0.05) is 18.2 Å². The number of carbonyl (C=O) groups excluding carboxylic acids is 2. The summed E-state index contributed by atoms with van der Waals surface area (Å²) < 4.78 is 18.2. The smallest absolute Gasteiger partial charge is 0.295 e. The number of morpholine rings is 1. The Morgan fingerprint density at radius 1 is 1.05 bits per heavy atom. The molecule has 0 aliphatic carbocycles. The van der Waals surface area contributed by atoms with Crippen molar-refractivity contribution in [3.05, 3.63) is 77.1 Å². The molecule has 2 aliphatic rings. The van der Waals surface area contributed by atoms with Crippen LogP contribution in [0, 0.1) is 6.92 Å². The van der Waals surface area contributed by atoms with Crippen LogP contribution in [0.2, 0.25) is 0 Å². The molecule has 2 aliphatic heterocycles. The number of hydrogen-bond acceptors (Lipinski definition) is 8. The molecule has 3 heterocycles. The van der Waals surface area contributed by atoms with Crippen LogP contribution in [0.15, 0.2) is 60.3 Å². The first-order valence-electron chi connectivity index (χ1n) is 13.4. The van der Waals surface area contributed by atoms with Crippen molar-refractivity contribution in [1.82, 2.24) is 19.6 Å². The van der Waals surface area contributed by atoms with E-state index in [4.69, 9.17) is 14.2 Å². The number of carbonyl (C=O) groups is 2. The number of hydrogen-bond donors (Lipinski definition) is 1. The van der Waals surface area contributed by atoms with Crippen molar-refractivity contribution in [3.8, 4) is 17.2 Å². The van der Waals surface area contributed by atoms with Crippen molar-refractivity contribution in [2.45, 2.75) is 19.4 Å². The van der Waals surface area contributed by atoms with Crippen LogP contribution < -0.4 is 9.47 Å². The molecule has 3 aromatic rings. The molecule has 2 aromatic carbocycles. The Morgan fingerprint density at radius 2 is 1.80 bits per heavy atom. The summed E-state index contributed by atoms with van der Waals surface area (Å²) in [6, 6.07) is 13.9. The highest BCUT2D eigenvalue weighted by molar-refractivity contribution is 6.46. The largest absolute Gasteiger partial charge is 0.507 e. The minimum atomic E-state index is -0.866. The van der Waals surface area contributed by atoms with Gasteiger partial charge < -0.3 is 24.2 Å². The van der Waals surface area contributed by atoms with E-state index in [1.807, 2.05) is 37.3 Å². The second kappa shape index (κ2) is 11.9. The fourth-order valence-corrected chi connectivity index (χ4v) is 5.39. The van der Waals surface area contributed by atoms with Gasteiger partial charge in [0.25, 0.3) is 11.7 Å². The topological polar surface area (TPSA) is 106 Å². The lowest BCUT2D eigenvalue weighted by Gasteiger charge is -2.29. The van der Waals surface area contributed by atoms with E-state index >= 15 is 0 Å². The molecule has 0 saturated carbocycles. The first-order valence-corrected chi connectivity index (χ1v) is 13.4. The molecule has 0 bridgehead atoms. The van der Waals surface area contributed by atoms with Gasteiger partial charge in [-0.2, -0.15) is 5.10 Å². The lowest BCUT2D eigenvalue weighted by Crippen LogP contribution is -2.39. The number of aliphatic hydroxyl groups excluding tert-OH is 1. The third kappa shape index (κ3) is 5.20. The third-order valence-electron chi connectivity index (χ3n) is 7.51. The predicted octanol–water partition coefficient (Wildman–Crippen LogP) is 3.34. The molecule has 0 spiro atoms. The fourth-order valence-electron chi connectivity index (χ4n) is 5.39. The summed E-state index contributed by atoms with van der Waals surface area (Å²) >= 11 is 0. The second-order valence-corrected chi connectivity index (χ2v) is 9.80. The monoisotopic (exact) mass is 546 g/mol. The number of nitrogens with zero attached hydrogens (tertiary/aromatic N) is 4. The summed E-state index contributed by atoms with van der Waals surface area (Å²) in [6.45, 7) is 5.92. The van der Waals surface area contributed by atoms with Crippen molar-refractivity contribution in [2.24, 2.45) is 0 Å². The predicted molar refractivity (Wildman–Crippen MR) is 149 cm³/mol. The number of amides is 1. The summed E-state index contributed by atoms with van der Waals surface area (Å²) in [5.41, 5.74) is 2.38. The summed E-state index contributed by atoms with van der Waals surface area (Å²) in [4.78, 5) is 30.9. The highest BCUT2D eigenvalue weighted by atomic mass is 16.5. The molecule has 210 valence electrons. The van der Waals surface area contributed by atoms with Crippen LogP contribution in [0.4, 0.5) is 0 Å². The molecule has 40 heavy (non-hydrogen) atoms. The maximum Gasteiger partial charge on any atom is 0.295 e. The van der Waals surface area contributed by atoms with E-state index in [-0.39, 0.29) is 11.3 Å². The van der Waals surface area contributed by atoms with Gasteiger partial charge in [0.15, 0.2) is 0 Å². The van der Waals surface area contributed by atoms with Crippen molar-refractivity contribution >= 4 is 17.4 Å². The summed E-state index contributed by atoms with van der Waals surface area (Å²) in [6.07, 6.45) is 2.17. The number of Topliss-reactive ketones (excluding diaryl/α,β-unsaturated/α-hetero) is 1. The minimum Gasteiger partial charge on any atom is -0.507 e. The summed E-state index contributed by atoms with van der Waals surface area (Å²) in [7, 11) is 3.08. The number of ketones is 1. The van der Waals surface area contributed by atoms with E-state index in [2.05, 4.69) is 10.00 Å². The zero-order chi connectivity index (χ0) is 28.2. The Balaban J connectivity index is 1.57. The molecular weight excluding hydrogens is 512 g/mol. The van der Waals surface area contributed by atoms with E-state index in [0.717, 1.165) is 25.3 Å². The maximum atomic E-state index is 13.6. The van der Waals surface area contributed by atoms with Crippen LogP contribution in [0.3, 0.4) is 0 Å². The zero-order valence-corrected chi connectivity index (χ0v) is 23.0. The quantitative estimate of drug-likeness (QED) is 0.248. The van der Waals surface area contributed by atoms with E-state index in [1.165, 1.54) is 18.2 Å². The number of ether oxygens (including phenoxy) is 3. The van der Waals surface area contributed by atoms with E-state index in [1.54, 1.807) is 30.0 Å². The standard InChI is InChI=1S/C30H34N4O6/c1-20-24(19-31-34(20)21-8-5-4-6-9-21)28(35)26-27(23-18-22(38-2)10-11-25(23)39-3)33(30(37)29(26)36)13-7-12-32-14-16-40-17-15-32/h4-6,8-11,18-19,27,35H,7,12-17H2,1-3H3/b28-26+/t27-/m0/s1. The second-order valence-electron chi connectivity index (χ2n) is 9.80. The molecule has 5 rings (SSSR count). The number of methoxy groups -OCH3 is 2. The first-order chi connectivity index (χ1) is 19.4. The molecule has 10 heteroatoms. The fraction of sp³-hybridized carbons (Fsp3) is 0.367. The molecule has 1 amide bonds. The lowest BCUT2D eigenvalue weighted by molar-refractivity contribution is -0.140. The number of aromatic nitrogens is 2. The van der Waals surface area contributed by atoms with Gasteiger partial charge in [-0.3, -0.25) is 14.5 Å². The van der Waals surface area contributed by atoms with Gasteiger partial charge in [-0.05, 0) is 43.7 Å². The number of aliphatic hydroxyl groups is 1. The van der Waals surface area contributed by atoms with E-state index in [9.17, 15) is 14.7 Å². The van der Waals surface area contributed by atoms with Gasteiger partial charge in [0.05, 0.1) is 62.2 Å². The summed E-state index contributed by atoms with van der Waals surface area (Å²) in [5, 5.41) is 16.1. The van der Waals surface area contributed by atoms with Crippen molar-refractivity contribution < 1.29 is 28.9 Å². The van der Waals surface area contributed by atoms with Crippen LogP contribution in [-0.4, -0.2) is 90.0 Å². The SMILES string of the molecule is COc1ccc(OC)c([C@H]2/C(=C(\O)c3cnn(-c4ccccc4)c3C)C(=O)C(=O)N2CCCN2CCOCC2)c1. The minimum absolute atomic E-state index is 0.00126. The van der Waals surface area contributed by atoms with Crippen LogP contribution >= 0.6 is 0 Å². The van der Waals surface area contributed by atoms with Crippen LogP contribution in [-0.2, 0) is 14.3 Å². The third-order valence-corrected chi connectivity index (χ3v) is 7.51. The molecule has 1 N–H and O–H groups in total. The average Bonchev–Trinajstić information content (AvgIpc) is 3.50. The van der Waals surface area contributed by atoms with Gasteiger partial charge in [0, 0.05) is 31.7 Å². The molecule has 2 fully saturated rings. The molecular formula is C30H34N4O6. The Hall–Kier alpha value is -4.15. The van der Waals surface area contributed by atoms with Gasteiger partial charge in [0.2, 0.25) is 0 Å². The zero-order valence-electron chi connectivity index (χ0n) is 23.0. The number of benzene rings is 2. The molecule has 0 unspecified atom stereocenters. The van der Waals surface area contributed by atoms with Gasteiger partial charge in [-0.15, -0.1) is 0 Å². The van der Waals surface area contributed by atoms with Gasteiger partial charge in [-0.25, -0.2) is 4.68 Å². The molecule has 2 saturated heterocycles. The van der Waals surface area contributed by atoms with Crippen molar-refractivity contribution in [1.29, 1.82) is 0 Å². The Kier molecular flexibility index (Phi) is 8.18. The van der Waals surface area contributed by atoms with Crippen LogP contribution in [0.25, 0.3) is 11.4 Å². The van der Waals surface area contributed by atoms with Crippen LogP contribution in [0.1, 0.15) is 29.3 Å². The van der Waals surface area contributed by atoms with Crippen molar-refractivity contribution in [3.63, 3.8) is 0 Å². The molecule has 1 aromatic heterocycles. The lowest BCUT2D eigenvalue weighted by atomic mass is 9.94. The first kappa shape index (κ1) is 27.4. The normalized spacial score (nSPS) is 19.3. The van der Waals surface area contributed by atoms with Gasteiger partial charge >= 0.3 is 0 Å². The number of rotatable bonds is 9. The Morgan fingerprint density at radius 3 is 2.50 bits per heavy atom. The summed E-state index contributed by atoms with van der Waals surface area (Å²) in [5.74, 6) is -0.656.